The highest BCUT2D eigenvalue weighted by Crippen LogP contribution is 2.29. The number of hydrogen-bond donors (Lipinski definition) is 2. The van der Waals surface area contributed by atoms with Crippen LogP contribution in [0, 0.1) is 11.3 Å². The van der Waals surface area contributed by atoms with Crippen molar-refractivity contribution in [2.24, 2.45) is 0 Å². The summed E-state index contributed by atoms with van der Waals surface area (Å²) in [7, 11) is 0. The van der Waals surface area contributed by atoms with Gasteiger partial charge in [-0.15, -0.1) is 0 Å². The van der Waals surface area contributed by atoms with Crippen LogP contribution in [0.3, 0.4) is 0 Å². The van der Waals surface area contributed by atoms with Crippen molar-refractivity contribution in [3.8, 4) is 11.9 Å². The highest BCUT2D eigenvalue weighted by Gasteiger charge is 2.29. The number of benzene rings is 1. The van der Waals surface area contributed by atoms with Crippen molar-refractivity contribution in [3.63, 3.8) is 0 Å². The van der Waals surface area contributed by atoms with E-state index in [1.807, 2.05) is 6.07 Å². The van der Waals surface area contributed by atoms with Gasteiger partial charge in [0.25, 0.3) is 0 Å². The molecule has 0 spiro atoms. The summed E-state index contributed by atoms with van der Waals surface area (Å²) in [5, 5.41) is 16.4. The number of halogens is 3. The number of nitrogens with zero attached hydrogens (tertiary/aromatic N) is 5. The van der Waals surface area contributed by atoms with Crippen molar-refractivity contribution < 1.29 is 13.2 Å². The summed E-state index contributed by atoms with van der Waals surface area (Å²) in [5.41, 5.74) is 5.66. The molecule has 0 saturated carbocycles. The lowest BCUT2D eigenvalue weighted by Crippen LogP contribution is -2.12. The van der Waals surface area contributed by atoms with Crippen LogP contribution in [-0.4, -0.2) is 19.7 Å². The lowest BCUT2D eigenvalue weighted by Gasteiger charge is -2.12. The summed E-state index contributed by atoms with van der Waals surface area (Å²) in [6, 6.07) is 8.33. The molecule has 0 amide bonds. The predicted molar refractivity (Wildman–Crippen MR) is 87.1 cm³/mol. The highest BCUT2D eigenvalue weighted by atomic mass is 19.4. The molecule has 3 rings (SSSR count). The van der Waals surface area contributed by atoms with Crippen molar-refractivity contribution in [2.75, 3.05) is 11.1 Å². The Bertz CT molecular complexity index is 942. The average molecular weight is 359 g/mol. The van der Waals surface area contributed by atoms with Gasteiger partial charge < -0.3 is 11.1 Å². The van der Waals surface area contributed by atoms with Gasteiger partial charge in [-0.3, -0.25) is 0 Å². The molecule has 0 aliphatic heterocycles. The Labute approximate surface area is 145 Å². The van der Waals surface area contributed by atoms with E-state index in [-0.39, 0.29) is 29.7 Å². The number of alkyl halides is 3. The number of nitrogen functional groups attached to an aromatic ring is 1. The van der Waals surface area contributed by atoms with Gasteiger partial charge in [-0.1, -0.05) is 12.1 Å². The topological polar surface area (TPSA) is 105 Å². The maximum absolute atomic E-state index is 12.6. The van der Waals surface area contributed by atoms with E-state index < -0.39 is 11.7 Å². The molecule has 0 aliphatic carbocycles. The first kappa shape index (κ1) is 17.2. The van der Waals surface area contributed by atoms with Crippen molar-refractivity contribution in [3.05, 3.63) is 59.4 Å². The summed E-state index contributed by atoms with van der Waals surface area (Å²) in [4.78, 5) is 8.02. The lowest BCUT2D eigenvalue weighted by molar-refractivity contribution is -0.137. The minimum atomic E-state index is -4.39. The Morgan fingerprint density at radius 1 is 1.19 bits per heavy atom. The van der Waals surface area contributed by atoms with Crippen LogP contribution in [0.2, 0.25) is 0 Å². The van der Waals surface area contributed by atoms with E-state index in [0.717, 1.165) is 12.1 Å². The number of rotatable bonds is 4. The van der Waals surface area contributed by atoms with Crippen LogP contribution in [0.15, 0.2) is 42.7 Å². The first-order chi connectivity index (χ1) is 12.4. The normalized spacial score (nSPS) is 11.2. The molecule has 1 aromatic carbocycles. The molecule has 132 valence electrons. The van der Waals surface area contributed by atoms with E-state index >= 15 is 0 Å². The van der Waals surface area contributed by atoms with Gasteiger partial charge in [0.05, 0.1) is 5.56 Å². The highest BCUT2D eigenvalue weighted by molar-refractivity contribution is 5.61. The van der Waals surface area contributed by atoms with Gasteiger partial charge in [0.1, 0.15) is 11.6 Å². The standard InChI is InChI=1S/C16H12F3N7/c17-16(18,19)11-4-2-10(3-5-11)9-22-13-12(8-20)14(25-15(21)24-13)26-7-1-6-23-26/h1-7H,9H2,(H3,21,22,24,25). The summed E-state index contributed by atoms with van der Waals surface area (Å²) in [6.45, 7) is 0.155. The molecule has 3 aromatic rings. The first-order valence-corrected chi connectivity index (χ1v) is 7.36. The molecule has 2 heterocycles. The van der Waals surface area contributed by atoms with Gasteiger partial charge >= 0.3 is 6.18 Å². The number of hydrogen-bond acceptors (Lipinski definition) is 6. The molecule has 10 heteroatoms. The third kappa shape index (κ3) is 3.56. The molecule has 0 radical (unpaired) electrons. The van der Waals surface area contributed by atoms with Crippen molar-refractivity contribution in [1.82, 2.24) is 19.7 Å². The van der Waals surface area contributed by atoms with E-state index in [4.69, 9.17) is 5.73 Å². The molecule has 0 fully saturated rings. The fraction of sp³-hybridized carbons (Fsp3) is 0.125. The van der Waals surface area contributed by atoms with E-state index in [1.54, 1.807) is 12.3 Å². The van der Waals surface area contributed by atoms with Gasteiger partial charge in [0.2, 0.25) is 5.95 Å². The smallest absolute Gasteiger partial charge is 0.368 e. The van der Waals surface area contributed by atoms with E-state index in [2.05, 4.69) is 20.4 Å². The van der Waals surface area contributed by atoms with Crippen LogP contribution in [0.4, 0.5) is 24.9 Å². The summed E-state index contributed by atoms with van der Waals surface area (Å²) >= 11 is 0. The van der Waals surface area contributed by atoms with E-state index in [1.165, 1.54) is 23.0 Å². The molecular weight excluding hydrogens is 347 g/mol. The van der Waals surface area contributed by atoms with Crippen molar-refractivity contribution in [1.29, 1.82) is 5.26 Å². The molecule has 0 atom stereocenters. The summed E-state index contributed by atoms with van der Waals surface area (Å²) < 4.78 is 39.2. The Hall–Kier alpha value is -3.61. The predicted octanol–water partition coefficient (Wildman–Crippen LogP) is 2.75. The van der Waals surface area contributed by atoms with Crippen LogP contribution >= 0.6 is 0 Å². The minimum absolute atomic E-state index is 0.0654. The molecule has 3 N–H and O–H groups in total. The van der Waals surface area contributed by atoms with Crippen LogP contribution in [0.1, 0.15) is 16.7 Å². The second kappa shape index (κ2) is 6.72. The third-order valence-electron chi connectivity index (χ3n) is 3.48. The number of nitrogens with two attached hydrogens (primary N) is 1. The summed E-state index contributed by atoms with van der Waals surface area (Å²) in [6.07, 6.45) is -1.27. The van der Waals surface area contributed by atoms with Gasteiger partial charge in [0.15, 0.2) is 11.6 Å². The second-order valence-electron chi connectivity index (χ2n) is 5.24. The fourth-order valence-corrected chi connectivity index (χ4v) is 2.25. The third-order valence-corrected chi connectivity index (χ3v) is 3.48. The second-order valence-corrected chi connectivity index (χ2v) is 5.24. The molecule has 0 unspecified atom stereocenters. The molecule has 2 aromatic heterocycles. The van der Waals surface area contributed by atoms with Crippen molar-refractivity contribution >= 4 is 11.8 Å². The summed E-state index contributed by atoms with van der Waals surface area (Å²) in [5.74, 6) is 0.315. The van der Waals surface area contributed by atoms with Crippen LogP contribution in [-0.2, 0) is 12.7 Å². The van der Waals surface area contributed by atoms with Gasteiger partial charge in [-0.05, 0) is 23.8 Å². The Balaban J connectivity index is 1.85. The molecule has 7 nitrogen and oxygen atoms in total. The molecule has 0 saturated heterocycles. The van der Waals surface area contributed by atoms with Gasteiger partial charge in [0, 0.05) is 18.9 Å². The number of nitriles is 1. The van der Waals surface area contributed by atoms with Crippen LogP contribution < -0.4 is 11.1 Å². The SMILES string of the molecule is N#Cc1c(NCc2ccc(C(F)(F)F)cc2)nc(N)nc1-n1cccn1. The number of nitrogens with one attached hydrogen (secondary N) is 1. The average Bonchev–Trinajstić information content (AvgIpc) is 3.13. The molecule has 0 aliphatic rings. The van der Waals surface area contributed by atoms with E-state index in [0.29, 0.717) is 5.56 Å². The Morgan fingerprint density at radius 2 is 1.92 bits per heavy atom. The molecule has 0 bridgehead atoms. The Morgan fingerprint density at radius 3 is 2.50 bits per heavy atom. The minimum Gasteiger partial charge on any atom is -0.368 e. The van der Waals surface area contributed by atoms with E-state index in [9.17, 15) is 18.4 Å². The first-order valence-electron chi connectivity index (χ1n) is 7.36. The van der Waals surface area contributed by atoms with Gasteiger partial charge in [-0.2, -0.15) is 33.5 Å². The monoisotopic (exact) mass is 359 g/mol. The quantitative estimate of drug-likeness (QED) is 0.742. The van der Waals surface area contributed by atoms with Crippen LogP contribution in [0.25, 0.3) is 5.82 Å². The fourth-order valence-electron chi connectivity index (χ4n) is 2.25. The number of aromatic nitrogens is 4. The largest absolute Gasteiger partial charge is 0.416 e. The Kier molecular flexibility index (Phi) is 4.45. The van der Waals surface area contributed by atoms with Crippen molar-refractivity contribution in [2.45, 2.75) is 12.7 Å². The molecular formula is C16H12F3N7. The zero-order chi connectivity index (χ0) is 18.7. The zero-order valence-corrected chi connectivity index (χ0v) is 13.2. The maximum atomic E-state index is 12.6. The maximum Gasteiger partial charge on any atom is 0.416 e. The van der Waals surface area contributed by atoms with Crippen LogP contribution in [0.5, 0.6) is 0 Å². The zero-order valence-electron chi connectivity index (χ0n) is 13.2. The number of anilines is 2. The van der Waals surface area contributed by atoms with Gasteiger partial charge in [-0.25, -0.2) is 4.68 Å². The lowest BCUT2D eigenvalue weighted by atomic mass is 10.1. The molecule has 26 heavy (non-hydrogen) atoms.